The van der Waals surface area contributed by atoms with E-state index in [0.717, 1.165) is 25.0 Å². The number of aryl methyl sites for hydroxylation is 1. The zero-order chi connectivity index (χ0) is 17.1. The molecule has 2 aromatic rings. The van der Waals surface area contributed by atoms with Crippen molar-refractivity contribution in [2.45, 2.75) is 32.6 Å². The van der Waals surface area contributed by atoms with Gasteiger partial charge in [-0.05, 0) is 50.3 Å². The van der Waals surface area contributed by atoms with Crippen LogP contribution in [-0.4, -0.2) is 43.0 Å². The fourth-order valence-corrected chi connectivity index (χ4v) is 3.59. The number of hydrogen-bond donors (Lipinski definition) is 0. The summed E-state index contributed by atoms with van der Waals surface area (Å²) in [6, 6.07) is 8.59. The third-order valence-electron chi connectivity index (χ3n) is 5.00. The topological polar surface area (TPSA) is 36.4 Å². The van der Waals surface area contributed by atoms with Gasteiger partial charge >= 0.3 is 0 Å². The van der Waals surface area contributed by atoms with Crippen LogP contribution in [0.4, 0.5) is 5.69 Å². The van der Waals surface area contributed by atoms with E-state index in [0.29, 0.717) is 12.3 Å². The van der Waals surface area contributed by atoms with E-state index in [1.807, 2.05) is 20.3 Å². The van der Waals surface area contributed by atoms with Crippen LogP contribution in [0.2, 0.25) is 0 Å². The number of fused-ring (bicyclic) bond motifs is 1. The molecule has 1 aliphatic rings. The number of hydrogen-bond acceptors (Lipinski definition) is 3. The molecule has 0 aliphatic carbocycles. The van der Waals surface area contributed by atoms with E-state index in [4.69, 9.17) is 0 Å². The van der Waals surface area contributed by atoms with Crippen LogP contribution >= 0.6 is 0 Å². The lowest BCUT2D eigenvalue weighted by Crippen LogP contribution is -2.36. The molecule has 1 unspecified atom stereocenters. The van der Waals surface area contributed by atoms with Crippen molar-refractivity contribution in [3.8, 4) is 0 Å². The van der Waals surface area contributed by atoms with Crippen LogP contribution in [-0.2, 0) is 4.79 Å². The van der Waals surface area contributed by atoms with Gasteiger partial charge < -0.3 is 9.80 Å². The highest BCUT2D eigenvalue weighted by atomic mass is 16.2. The van der Waals surface area contributed by atoms with Crippen LogP contribution in [0.25, 0.3) is 10.9 Å². The lowest BCUT2D eigenvalue weighted by molar-refractivity contribution is -0.129. The second-order valence-corrected chi connectivity index (χ2v) is 7.13. The first-order valence-electron chi connectivity index (χ1n) is 8.85. The Bertz CT molecular complexity index is 726. The van der Waals surface area contributed by atoms with Crippen molar-refractivity contribution in [1.29, 1.82) is 0 Å². The first kappa shape index (κ1) is 16.7. The summed E-state index contributed by atoms with van der Waals surface area (Å²) >= 11 is 0. The molecule has 4 nitrogen and oxygen atoms in total. The Morgan fingerprint density at radius 3 is 2.96 bits per heavy atom. The standard InChI is InChI=1S/C20H27N3O/c1-15-6-8-18-17(13-15)19(10-11-21-18)23-12-4-5-16(14-23)7-9-20(24)22(2)3/h6,8,10-11,13,16H,4-5,7,9,12,14H2,1-3H3. The van der Waals surface area contributed by atoms with Crippen LogP contribution in [0.1, 0.15) is 31.2 Å². The molecule has 4 heteroatoms. The molecule has 2 heterocycles. The molecule has 0 N–H and O–H groups in total. The summed E-state index contributed by atoms with van der Waals surface area (Å²) in [7, 11) is 3.67. The molecule has 1 fully saturated rings. The van der Waals surface area contributed by atoms with Crippen LogP contribution < -0.4 is 4.90 Å². The molecule has 0 radical (unpaired) electrons. The number of anilines is 1. The Hall–Kier alpha value is -2.10. The fraction of sp³-hybridized carbons (Fsp3) is 0.500. The summed E-state index contributed by atoms with van der Waals surface area (Å²) in [6.45, 7) is 4.25. The molecule has 0 bridgehead atoms. The highest BCUT2D eigenvalue weighted by Crippen LogP contribution is 2.31. The summed E-state index contributed by atoms with van der Waals surface area (Å²) in [5.41, 5.74) is 3.61. The average molecular weight is 325 g/mol. The number of piperidine rings is 1. The number of carbonyl (C=O) groups is 1. The minimum atomic E-state index is 0.233. The molecule has 1 amide bonds. The first-order chi connectivity index (χ1) is 11.5. The predicted octanol–water partition coefficient (Wildman–Crippen LogP) is 3.63. The van der Waals surface area contributed by atoms with E-state index >= 15 is 0 Å². The SMILES string of the molecule is Cc1ccc2nccc(N3CCCC(CCC(=O)N(C)C)C3)c2c1. The van der Waals surface area contributed by atoms with E-state index in [9.17, 15) is 4.79 Å². The Kier molecular flexibility index (Phi) is 5.03. The van der Waals surface area contributed by atoms with E-state index < -0.39 is 0 Å². The van der Waals surface area contributed by atoms with E-state index in [-0.39, 0.29) is 5.91 Å². The summed E-state index contributed by atoms with van der Waals surface area (Å²) in [4.78, 5) is 20.5. The Morgan fingerprint density at radius 1 is 1.33 bits per heavy atom. The predicted molar refractivity (Wildman–Crippen MR) is 99.3 cm³/mol. The first-order valence-corrected chi connectivity index (χ1v) is 8.85. The Labute approximate surface area is 144 Å². The van der Waals surface area contributed by atoms with Crippen molar-refractivity contribution in [2.75, 3.05) is 32.1 Å². The molecule has 1 aromatic carbocycles. The number of nitrogens with zero attached hydrogens (tertiary/aromatic N) is 3. The van der Waals surface area contributed by atoms with Crippen molar-refractivity contribution in [3.05, 3.63) is 36.0 Å². The Balaban J connectivity index is 1.75. The molecule has 3 rings (SSSR count). The minimum Gasteiger partial charge on any atom is -0.371 e. The van der Waals surface area contributed by atoms with Gasteiger partial charge in [0.05, 0.1) is 5.52 Å². The van der Waals surface area contributed by atoms with Gasteiger partial charge in [-0.1, -0.05) is 11.6 Å². The zero-order valence-electron chi connectivity index (χ0n) is 15.0. The lowest BCUT2D eigenvalue weighted by atomic mass is 9.92. The van der Waals surface area contributed by atoms with Gasteiger partial charge in [0.2, 0.25) is 5.91 Å². The highest BCUT2D eigenvalue weighted by Gasteiger charge is 2.22. The summed E-state index contributed by atoms with van der Waals surface area (Å²) in [5, 5.41) is 1.24. The van der Waals surface area contributed by atoms with Crippen molar-refractivity contribution < 1.29 is 4.79 Å². The van der Waals surface area contributed by atoms with Crippen molar-refractivity contribution >= 4 is 22.5 Å². The molecule has 128 valence electrons. The fourth-order valence-electron chi connectivity index (χ4n) is 3.59. The van der Waals surface area contributed by atoms with Crippen LogP contribution in [0.15, 0.2) is 30.5 Å². The van der Waals surface area contributed by atoms with Gasteiger partial charge in [0.25, 0.3) is 0 Å². The van der Waals surface area contributed by atoms with Gasteiger partial charge in [0.1, 0.15) is 0 Å². The third-order valence-corrected chi connectivity index (χ3v) is 5.00. The molecular weight excluding hydrogens is 298 g/mol. The largest absolute Gasteiger partial charge is 0.371 e. The molecule has 0 spiro atoms. The number of amides is 1. The molecule has 1 atom stereocenters. The molecule has 1 aromatic heterocycles. The zero-order valence-corrected chi connectivity index (χ0v) is 15.0. The second kappa shape index (κ2) is 7.20. The molecule has 1 saturated heterocycles. The average Bonchev–Trinajstić information content (AvgIpc) is 2.59. The van der Waals surface area contributed by atoms with Gasteiger partial charge in [-0.2, -0.15) is 0 Å². The maximum absolute atomic E-state index is 11.9. The normalized spacial score (nSPS) is 18.0. The van der Waals surface area contributed by atoms with Crippen molar-refractivity contribution in [3.63, 3.8) is 0 Å². The number of pyridine rings is 1. The van der Waals surface area contributed by atoms with Crippen molar-refractivity contribution in [2.24, 2.45) is 5.92 Å². The van der Waals surface area contributed by atoms with Gasteiger partial charge in [0, 0.05) is 50.9 Å². The number of benzene rings is 1. The Morgan fingerprint density at radius 2 is 2.17 bits per heavy atom. The quantitative estimate of drug-likeness (QED) is 0.861. The van der Waals surface area contributed by atoms with Gasteiger partial charge in [-0.3, -0.25) is 9.78 Å². The number of aromatic nitrogens is 1. The smallest absolute Gasteiger partial charge is 0.222 e. The maximum Gasteiger partial charge on any atom is 0.222 e. The molecular formula is C20H27N3O. The molecule has 1 aliphatic heterocycles. The number of carbonyl (C=O) groups excluding carboxylic acids is 1. The third kappa shape index (κ3) is 3.69. The van der Waals surface area contributed by atoms with Crippen LogP contribution in [0.3, 0.4) is 0 Å². The maximum atomic E-state index is 11.9. The lowest BCUT2D eigenvalue weighted by Gasteiger charge is -2.35. The van der Waals surface area contributed by atoms with Crippen LogP contribution in [0.5, 0.6) is 0 Å². The number of rotatable bonds is 4. The summed E-state index contributed by atoms with van der Waals surface area (Å²) in [5.74, 6) is 0.827. The monoisotopic (exact) mass is 325 g/mol. The van der Waals surface area contributed by atoms with E-state index in [1.54, 1.807) is 4.90 Å². The second-order valence-electron chi connectivity index (χ2n) is 7.13. The summed E-state index contributed by atoms with van der Waals surface area (Å²) < 4.78 is 0. The van der Waals surface area contributed by atoms with Gasteiger partial charge in [0.15, 0.2) is 0 Å². The highest BCUT2D eigenvalue weighted by molar-refractivity contribution is 5.92. The molecule has 24 heavy (non-hydrogen) atoms. The van der Waals surface area contributed by atoms with Crippen LogP contribution in [0, 0.1) is 12.8 Å². The van der Waals surface area contributed by atoms with E-state index in [2.05, 4.69) is 41.1 Å². The van der Waals surface area contributed by atoms with E-state index in [1.165, 1.54) is 29.5 Å². The minimum absolute atomic E-state index is 0.233. The molecule has 0 saturated carbocycles. The van der Waals surface area contributed by atoms with Crippen molar-refractivity contribution in [1.82, 2.24) is 9.88 Å². The van der Waals surface area contributed by atoms with Gasteiger partial charge in [-0.25, -0.2) is 0 Å². The summed E-state index contributed by atoms with van der Waals surface area (Å²) in [6.07, 6.45) is 5.96. The van der Waals surface area contributed by atoms with Gasteiger partial charge in [-0.15, -0.1) is 0 Å².